The van der Waals surface area contributed by atoms with E-state index in [2.05, 4.69) is 9.72 Å². The molecule has 2 heterocycles. The summed E-state index contributed by atoms with van der Waals surface area (Å²) >= 11 is 0. The van der Waals surface area contributed by atoms with Crippen molar-refractivity contribution in [2.24, 2.45) is 11.5 Å². The average molecular weight is 461 g/mol. The molecule has 32 heavy (non-hydrogen) atoms. The highest BCUT2D eigenvalue weighted by Gasteiger charge is 2.50. The Morgan fingerprint density at radius 3 is 2.53 bits per heavy atom. The molecule has 0 saturated carbocycles. The second-order valence-electron chi connectivity index (χ2n) is 6.96. The minimum Gasteiger partial charge on any atom is -0.480 e. The molecule has 0 unspecified atom stereocenters. The highest BCUT2D eigenvalue weighted by atomic mass is 16.6. The maximum absolute atomic E-state index is 12.3. The smallest absolute Gasteiger partial charge is 0.404 e. The van der Waals surface area contributed by atoms with Crippen LogP contribution in [0.4, 0.5) is 4.79 Å². The monoisotopic (exact) mass is 461 g/mol. The predicted octanol–water partition coefficient (Wildman–Crippen LogP) is -4.65. The molecule has 1 aromatic heterocycles. The van der Waals surface area contributed by atoms with E-state index in [0.717, 1.165) is 10.8 Å². The van der Waals surface area contributed by atoms with Crippen molar-refractivity contribution in [3.05, 3.63) is 22.4 Å². The summed E-state index contributed by atoms with van der Waals surface area (Å²) in [7, 11) is 0. The molecule has 0 radical (unpaired) electrons. The number of carboxylic acid groups (broad SMARTS) is 1. The van der Waals surface area contributed by atoms with Gasteiger partial charge in [-0.15, -0.1) is 0 Å². The van der Waals surface area contributed by atoms with Crippen LogP contribution in [0.5, 0.6) is 0 Å². The van der Waals surface area contributed by atoms with Crippen LogP contribution in [0.3, 0.4) is 0 Å². The predicted molar refractivity (Wildman–Crippen MR) is 100 cm³/mol. The first-order valence-corrected chi connectivity index (χ1v) is 9.13. The quantitative estimate of drug-likeness (QED) is 0.153. The van der Waals surface area contributed by atoms with Crippen molar-refractivity contribution in [2.45, 2.75) is 49.1 Å². The molecule has 16 heteroatoms. The minimum absolute atomic E-state index is 0.156. The first kappa shape index (κ1) is 25.0. The van der Waals surface area contributed by atoms with Crippen molar-refractivity contribution in [3.8, 4) is 0 Å². The molecule has 0 bridgehead atoms. The molecule has 0 aliphatic carbocycles. The number of primary amides is 1. The van der Waals surface area contributed by atoms with Crippen LogP contribution in [0.25, 0.3) is 0 Å². The number of aliphatic carboxylic acids is 1. The third-order valence-electron chi connectivity index (χ3n) is 4.61. The first-order valence-electron chi connectivity index (χ1n) is 9.13. The zero-order chi connectivity index (χ0) is 24.2. The van der Waals surface area contributed by atoms with Crippen LogP contribution >= 0.6 is 0 Å². The lowest BCUT2D eigenvalue weighted by molar-refractivity contribution is -0.149. The van der Waals surface area contributed by atoms with Gasteiger partial charge in [-0.2, -0.15) is 0 Å². The van der Waals surface area contributed by atoms with E-state index in [0.29, 0.717) is 6.29 Å². The van der Waals surface area contributed by atoms with Gasteiger partial charge in [0.05, 0.1) is 17.8 Å². The fourth-order valence-electron chi connectivity index (χ4n) is 3.06. The summed E-state index contributed by atoms with van der Waals surface area (Å²) in [6.45, 7) is -0.550. The van der Waals surface area contributed by atoms with Gasteiger partial charge in [0.25, 0.3) is 0 Å². The summed E-state index contributed by atoms with van der Waals surface area (Å²) in [5, 5.41) is 41.7. The van der Waals surface area contributed by atoms with Gasteiger partial charge in [0, 0.05) is 12.6 Å². The van der Waals surface area contributed by atoms with Gasteiger partial charge in [-0.05, 0) is 0 Å². The second kappa shape index (κ2) is 10.3. The third-order valence-corrected chi connectivity index (χ3v) is 4.61. The Morgan fingerprint density at radius 2 is 2.00 bits per heavy atom. The number of ether oxygens (including phenoxy) is 2. The largest absolute Gasteiger partial charge is 0.480 e. The summed E-state index contributed by atoms with van der Waals surface area (Å²) < 4.78 is 10.4. The number of nitrogens with two attached hydrogens (primary N) is 2. The Labute approximate surface area is 178 Å². The maximum Gasteiger partial charge on any atom is 0.404 e. The molecule has 16 nitrogen and oxygen atoms in total. The van der Waals surface area contributed by atoms with Crippen LogP contribution in [0.15, 0.2) is 11.0 Å². The van der Waals surface area contributed by atoms with Gasteiger partial charge < -0.3 is 51.7 Å². The van der Waals surface area contributed by atoms with Crippen molar-refractivity contribution in [2.75, 3.05) is 6.61 Å². The number of carboxylic acids is 1. The summed E-state index contributed by atoms with van der Waals surface area (Å²) in [5.41, 5.74) is 9.35. The number of nitrogens with zero attached hydrogens (tertiary/aromatic N) is 1. The number of H-pyrrole nitrogens is 1. The molecule has 0 spiro atoms. The van der Waals surface area contributed by atoms with E-state index in [1.54, 1.807) is 0 Å². The normalized spacial score (nSPS) is 25.5. The molecule has 2 rings (SSSR count). The molecular weight excluding hydrogens is 438 g/mol. The average Bonchev–Trinajstić information content (AvgIpc) is 3.23. The van der Waals surface area contributed by atoms with E-state index in [-0.39, 0.29) is 5.69 Å². The van der Waals surface area contributed by atoms with Crippen molar-refractivity contribution < 1.29 is 49.1 Å². The van der Waals surface area contributed by atoms with E-state index in [9.17, 15) is 44.4 Å². The molecule has 1 fully saturated rings. The van der Waals surface area contributed by atoms with Gasteiger partial charge in [-0.1, -0.05) is 0 Å². The highest BCUT2D eigenvalue weighted by Crippen LogP contribution is 2.30. The maximum atomic E-state index is 12.3. The van der Waals surface area contributed by atoms with Crippen LogP contribution in [-0.4, -0.2) is 97.3 Å². The second-order valence-corrected chi connectivity index (χ2v) is 6.96. The van der Waals surface area contributed by atoms with Gasteiger partial charge in [0.2, 0.25) is 5.91 Å². The Morgan fingerprint density at radius 1 is 1.34 bits per heavy atom. The van der Waals surface area contributed by atoms with Gasteiger partial charge in [-0.25, -0.2) is 14.4 Å². The van der Waals surface area contributed by atoms with Crippen LogP contribution in [-0.2, 0) is 19.1 Å². The number of aliphatic hydroxyl groups is 3. The molecule has 0 aromatic carbocycles. The Bertz CT molecular complexity index is 914. The topological polar surface area (TPSA) is 270 Å². The molecule has 178 valence electrons. The highest BCUT2D eigenvalue weighted by molar-refractivity contribution is 5.87. The Hall–Kier alpha value is -3.31. The zero-order valence-corrected chi connectivity index (χ0v) is 16.4. The Kier molecular flexibility index (Phi) is 8.06. The van der Waals surface area contributed by atoms with E-state index in [4.69, 9.17) is 16.2 Å². The van der Waals surface area contributed by atoms with Gasteiger partial charge in [-0.3, -0.25) is 14.2 Å². The van der Waals surface area contributed by atoms with Gasteiger partial charge in [0.15, 0.2) is 18.6 Å². The number of hydrogen-bond acceptors (Lipinski definition) is 11. The fourth-order valence-corrected chi connectivity index (χ4v) is 3.06. The van der Waals surface area contributed by atoms with Crippen molar-refractivity contribution in [1.29, 1.82) is 0 Å². The summed E-state index contributed by atoms with van der Waals surface area (Å²) in [5.74, 6) is -2.72. The molecular formula is C16H23N5O11. The zero-order valence-electron chi connectivity index (χ0n) is 16.4. The number of rotatable bonds is 10. The number of aromatic amines is 1. The standard InChI is InChI=1S/C16H23N5O11/c17-7(1-6(23)4-31-15(18)29)12(26)20-8(14(27)28)11-9(24)10(25)13(32-11)21-2-5(3-22)19-16(21)30/h2-3,6-11,13,23-25H,1,4,17H2,(H2,18,29)(H,19,30)(H,20,26)(H,27,28)/t6-,7+,8+,9+,10-,11-,13-/m1/s1. The number of aliphatic hydroxyl groups excluding tert-OH is 3. The van der Waals surface area contributed by atoms with Crippen molar-refractivity contribution >= 4 is 24.3 Å². The summed E-state index contributed by atoms with van der Waals surface area (Å²) in [4.78, 5) is 59.4. The number of aromatic nitrogens is 2. The fraction of sp³-hybridized carbons (Fsp3) is 0.562. The molecule has 2 amide bonds. The Balaban J connectivity index is 2.10. The number of amides is 2. The minimum atomic E-state index is -1.91. The van der Waals surface area contributed by atoms with Crippen LogP contribution in [0, 0.1) is 0 Å². The molecule has 10 N–H and O–H groups in total. The van der Waals surface area contributed by atoms with E-state index < -0.39 is 79.4 Å². The molecule has 1 aromatic rings. The lowest BCUT2D eigenvalue weighted by atomic mass is 10.0. The van der Waals surface area contributed by atoms with E-state index in [1.165, 1.54) is 0 Å². The number of imidazole rings is 1. The van der Waals surface area contributed by atoms with Crippen LogP contribution < -0.4 is 22.5 Å². The lowest BCUT2D eigenvalue weighted by Crippen LogP contribution is -2.56. The molecule has 1 aliphatic rings. The number of hydrogen-bond donors (Lipinski definition) is 8. The SMILES string of the molecule is NC(=O)OC[C@H](O)C[C@H](N)C(=O)N[C@H](C(=O)O)[C@H]1O[C@@H](n2cc(C=O)[nH]c2=O)[C@H](O)[C@@H]1O. The summed E-state index contributed by atoms with van der Waals surface area (Å²) in [6, 6.07) is -3.37. The van der Waals surface area contributed by atoms with Crippen molar-refractivity contribution in [3.63, 3.8) is 0 Å². The van der Waals surface area contributed by atoms with E-state index in [1.807, 2.05) is 5.32 Å². The van der Waals surface area contributed by atoms with Gasteiger partial charge in [0.1, 0.15) is 24.9 Å². The summed E-state index contributed by atoms with van der Waals surface area (Å²) in [6.07, 6.45) is -8.56. The van der Waals surface area contributed by atoms with Gasteiger partial charge >= 0.3 is 17.8 Å². The van der Waals surface area contributed by atoms with Crippen LogP contribution in [0.1, 0.15) is 23.1 Å². The number of aldehydes is 1. The molecule has 1 aliphatic heterocycles. The number of nitrogens with one attached hydrogen (secondary N) is 2. The van der Waals surface area contributed by atoms with E-state index >= 15 is 0 Å². The molecule has 7 atom stereocenters. The lowest BCUT2D eigenvalue weighted by Gasteiger charge is -2.25. The third kappa shape index (κ3) is 5.68. The van der Waals surface area contributed by atoms with Crippen molar-refractivity contribution in [1.82, 2.24) is 14.9 Å². The molecule has 1 saturated heterocycles. The van der Waals surface area contributed by atoms with Crippen LogP contribution in [0.2, 0.25) is 0 Å². The first-order chi connectivity index (χ1) is 15.0. The number of carbonyl (C=O) groups is 4. The number of carbonyl (C=O) groups excluding carboxylic acids is 3.